The van der Waals surface area contributed by atoms with E-state index in [2.05, 4.69) is 4.52 Å². The minimum absolute atomic E-state index is 0. The molecule has 0 N–H and O–H groups in total. The van der Waals surface area contributed by atoms with E-state index in [9.17, 15) is 18.7 Å². The molecule has 0 aromatic rings. The summed E-state index contributed by atoms with van der Waals surface area (Å²) in [6.45, 7) is -1.58. The minimum atomic E-state index is -5.04. The van der Waals surface area contributed by atoms with E-state index in [1.54, 1.807) is 0 Å². The zero-order valence-electron chi connectivity index (χ0n) is 5.17. The predicted molar refractivity (Wildman–Crippen MR) is 14.7 cm³/mol. The maximum absolute atomic E-state index is 10.7. The normalized spacial score (nSPS) is 9.22. The molecule has 0 saturated heterocycles. The summed E-state index contributed by atoms with van der Waals surface area (Å²) in [5.74, 6) is 0. The van der Waals surface area contributed by atoms with E-state index in [1.165, 1.54) is 0 Å². The van der Waals surface area contributed by atoms with Gasteiger partial charge in [-0.2, -0.15) is 0 Å². The molecule has 0 saturated carbocycles. The van der Waals surface area contributed by atoms with Crippen molar-refractivity contribution in [2.45, 2.75) is 0 Å². The maximum Gasteiger partial charge on any atom is 1.00 e. The Labute approximate surface area is 96.0 Å². The summed E-state index contributed by atoms with van der Waals surface area (Å²) in [5, 5.41) is 0. The standard InChI is InChI=1S/CH4FO4P.2Na/c2-1-6-7(3,4)5;;/h1H2,(H2,3,4,5);;/q;2*+1/p-2. The van der Waals surface area contributed by atoms with Crippen LogP contribution in [-0.4, -0.2) is 6.86 Å². The maximum atomic E-state index is 10.7. The van der Waals surface area contributed by atoms with Crippen molar-refractivity contribution in [1.29, 1.82) is 0 Å². The smallest absolute Gasteiger partial charge is 0.790 e. The second kappa shape index (κ2) is 8.14. The van der Waals surface area contributed by atoms with Gasteiger partial charge < -0.3 is 18.9 Å². The van der Waals surface area contributed by atoms with Crippen LogP contribution in [0.1, 0.15) is 0 Å². The Balaban J connectivity index is -0.000000180. The van der Waals surface area contributed by atoms with Crippen LogP contribution in [-0.2, 0) is 9.09 Å². The van der Waals surface area contributed by atoms with Gasteiger partial charge in [-0.25, -0.2) is 4.39 Å². The largest absolute Gasteiger partial charge is 1.00 e. The molecule has 0 atom stereocenters. The van der Waals surface area contributed by atoms with Gasteiger partial charge in [-0.1, -0.05) is 0 Å². The van der Waals surface area contributed by atoms with Crippen LogP contribution in [0.25, 0.3) is 0 Å². The molecular weight excluding hydrogens is 172 g/mol. The quantitative estimate of drug-likeness (QED) is 0.308. The summed E-state index contributed by atoms with van der Waals surface area (Å²) in [4.78, 5) is 18.5. The molecule has 0 aliphatic carbocycles. The molecule has 44 valence electrons. The van der Waals surface area contributed by atoms with Gasteiger partial charge in [0.25, 0.3) is 0 Å². The third-order valence-corrected chi connectivity index (χ3v) is 0.621. The van der Waals surface area contributed by atoms with Gasteiger partial charge in [0.15, 0.2) is 6.86 Å². The SMILES string of the molecule is O=P([O-])([O-])OCF.[Na+].[Na+]. The van der Waals surface area contributed by atoms with E-state index in [4.69, 9.17) is 0 Å². The van der Waals surface area contributed by atoms with Gasteiger partial charge in [0.05, 0.1) is 7.82 Å². The van der Waals surface area contributed by atoms with Crippen LogP contribution in [0.5, 0.6) is 0 Å². The van der Waals surface area contributed by atoms with Gasteiger partial charge in [-0.3, -0.25) is 0 Å². The first-order chi connectivity index (χ1) is 3.06. The molecule has 0 fully saturated rings. The second-order valence-electron chi connectivity index (χ2n) is 0.685. The Bertz CT molecular complexity index is 92.6. The Kier molecular flexibility index (Phi) is 15.6. The average molecular weight is 174 g/mol. The molecular formula is CH2FNa2O4P. The predicted octanol–water partition coefficient (Wildman–Crippen LogP) is -7.23. The summed E-state index contributed by atoms with van der Waals surface area (Å²) < 4.78 is 22.9. The summed E-state index contributed by atoms with van der Waals surface area (Å²) in [5.41, 5.74) is 0. The van der Waals surface area contributed by atoms with Crippen LogP contribution >= 0.6 is 7.82 Å². The Morgan fingerprint density at radius 1 is 1.44 bits per heavy atom. The van der Waals surface area contributed by atoms with Gasteiger partial charge in [-0.05, 0) is 0 Å². The summed E-state index contributed by atoms with van der Waals surface area (Å²) in [6, 6.07) is 0. The topological polar surface area (TPSA) is 72.4 Å². The number of phosphoric acid groups is 1. The third-order valence-electron chi connectivity index (χ3n) is 0.207. The molecule has 4 nitrogen and oxygen atoms in total. The van der Waals surface area contributed by atoms with E-state index in [0.29, 0.717) is 0 Å². The fourth-order valence-electron chi connectivity index (χ4n) is 0.0598. The number of alkyl halides is 1. The van der Waals surface area contributed by atoms with Crippen molar-refractivity contribution in [3.8, 4) is 0 Å². The number of halogens is 1. The fraction of sp³-hybridized carbons (Fsp3) is 1.00. The average Bonchev–Trinajstić information content (AvgIpc) is 1.30. The Morgan fingerprint density at radius 3 is 1.78 bits per heavy atom. The molecule has 0 radical (unpaired) electrons. The van der Waals surface area contributed by atoms with Crippen molar-refractivity contribution in [1.82, 2.24) is 0 Å². The Hall–Kier alpha value is 2.04. The van der Waals surface area contributed by atoms with Gasteiger partial charge in [0.2, 0.25) is 0 Å². The second-order valence-corrected chi connectivity index (χ2v) is 1.84. The number of phosphoric ester groups is 1. The summed E-state index contributed by atoms with van der Waals surface area (Å²) in [6.07, 6.45) is 0. The first kappa shape index (κ1) is 17.2. The van der Waals surface area contributed by atoms with Crippen molar-refractivity contribution < 1.29 is 82.4 Å². The van der Waals surface area contributed by atoms with Gasteiger partial charge in [0, 0.05) is 0 Å². The fourth-order valence-corrected chi connectivity index (χ4v) is 0.179. The van der Waals surface area contributed by atoms with E-state index >= 15 is 0 Å². The van der Waals surface area contributed by atoms with Crippen molar-refractivity contribution in [2.24, 2.45) is 0 Å². The summed E-state index contributed by atoms with van der Waals surface area (Å²) >= 11 is 0. The van der Waals surface area contributed by atoms with Crippen molar-refractivity contribution in [3.05, 3.63) is 0 Å². The molecule has 8 heteroatoms. The van der Waals surface area contributed by atoms with Crippen molar-refractivity contribution in [3.63, 3.8) is 0 Å². The van der Waals surface area contributed by atoms with Crippen LogP contribution in [0.15, 0.2) is 0 Å². The minimum Gasteiger partial charge on any atom is -0.790 e. The zero-order chi connectivity index (χ0) is 5.91. The molecule has 0 amide bonds. The van der Waals surface area contributed by atoms with Crippen molar-refractivity contribution >= 4 is 7.82 Å². The van der Waals surface area contributed by atoms with Gasteiger partial charge in [-0.15, -0.1) is 0 Å². The molecule has 0 bridgehead atoms. The number of hydrogen-bond acceptors (Lipinski definition) is 4. The molecule has 0 aromatic heterocycles. The van der Waals surface area contributed by atoms with Crippen LogP contribution < -0.4 is 68.9 Å². The number of rotatable bonds is 2. The number of hydrogen-bond donors (Lipinski definition) is 0. The van der Waals surface area contributed by atoms with Crippen LogP contribution in [0.3, 0.4) is 0 Å². The monoisotopic (exact) mass is 174 g/mol. The molecule has 0 aliphatic heterocycles. The Morgan fingerprint density at radius 2 is 1.78 bits per heavy atom. The van der Waals surface area contributed by atoms with E-state index in [1.807, 2.05) is 0 Å². The molecule has 0 aromatic carbocycles. The molecule has 0 rings (SSSR count). The van der Waals surface area contributed by atoms with E-state index in [0.717, 1.165) is 0 Å². The molecule has 0 aliphatic rings. The van der Waals surface area contributed by atoms with Crippen LogP contribution in [0.2, 0.25) is 0 Å². The summed E-state index contributed by atoms with van der Waals surface area (Å²) in [7, 11) is -5.04. The zero-order valence-corrected chi connectivity index (χ0v) is 10.1. The first-order valence-electron chi connectivity index (χ1n) is 1.29. The molecule has 9 heavy (non-hydrogen) atoms. The van der Waals surface area contributed by atoms with Crippen LogP contribution in [0, 0.1) is 0 Å². The van der Waals surface area contributed by atoms with E-state index < -0.39 is 14.7 Å². The molecule has 0 unspecified atom stereocenters. The first-order valence-corrected chi connectivity index (χ1v) is 2.75. The van der Waals surface area contributed by atoms with Gasteiger partial charge >= 0.3 is 59.1 Å². The van der Waals surface area contributed by atoms with Crippen LogP contribution in [0.4, 0.5) is 4.39 Å². The van der Waals surface area contributed by atoms with Crippen molar-refractivity contribution in [2.75, 3.05) is 6.86 Å². The molecule has 0 heterocycles. The third kappa shape index (κ3) is 17.8. The van der Waals surface area contributed by atoms with Gasteiger partial charge in [0.1, 0.15) is 0 Å². The van der Waals surface area contributed by atoms with E-state index in [-0.39, 0.29) is 59.1 Å². The molecule has 0 spiro atoms.